The van der Waals surface area contributed by atoms with Crippen LogP contribution in [0.2, 0.25) is 0 Å². The van der Waals surface area contributed by atoms with Crippen LogP contribution >= 0.6 is 0 Å². The quantitative estimate of drug-likeness (QED) is 0.811. The molecule has 10 heteroatoms. The second kappa shape index (κ2) is 7.51. The predicted molar refractivity (Wildman–Crippen MR) is 102 cm³/mol. The number of benzene rings is 2. The van der Waals surface area contributed by atoms with Crippen LogP contribution in [0, 0.1) is 6.92 Å². The molecule has 1 amide bonds. The maximum Gasteiger partial charge on any atom is 0.431 e. The van der Waals surface area contributed by atoms with Gasteiger partial charge in [-0.05, 0) is 36.8 Å². The minimum atomic E-state index is -4.56. The van der Waals surface area contributed by atoms with Crippen molar-refractivity contribution in [3.63, 3.8) is 0 Å². The van der Waals surface area contributed by atoms with E-state index in [1.165, 1.54) is 29.3 Å². The average Bonchev–Trinajstić information content (AvgIpc) is 3.07. The zero-order valence-corrected chi connectivity index (χ0v) is 16.4. The molecule has 0 saturated carbocycles. The van der Waals surface area contributed by atoms with Gasteiger partial charge in [0, 0.05) is 13.3 Å². The number of carbonyl (C=O) groups is 1. The summed E-state index contributed by atoms with van der Waals surface area (Å²) in [6.45, 7) is 2.94. The molecule has 0 bridgehead atoms. The first kappa shape index (κ1) is 20.8. The molecule has 0 fully saturated rings. The van der Waals surface area contributed by atoms with Crippen LogP contribution in [-0.2, 0) is 14.8 Å². The normalized spacial score (nSPS) is 17.2. The van der Waals surface area contributed by atoms with Gasteiger partial charge in [0.2, 0.25) is 5.91 Å². The number of aryl methyl sites for hydroxylation is 1. The summed E-state index contributed by atoms with van der Waals surface area (Å²) >= 11 is 0. The Kier molecular flexibility index (Phi) is 5.40. The minimum Gasteiger partial charge on any atom is -0.274 e. The van der Waals surface area contributed by atoms with E-state index < -0.39 is 33.9 Å². The lowest BCUT2D eigenvalue weighted by atomic mass is 10.00. The fourth-order valence-electron chi connectivity index (χ4n) is 2.99. The number of anilines is 1. The lowest BCUT2D eigenvalue weighted by Crippen LogP contribution is -2.28. The molecule has 0 saturated heterocycles. The molecule has 154 valence electrons. The highest BCUT2D eigenvalue weighted by atomic mass is 32.2. The summed E-state index contributed by atoms with van der Waals surface area (Å²) < 4.78 is 65.7. The third-order valence-corrected chi connectivity index (χ3v) is 5.84. The van der Waals surface area contributed by atoms with Crippen LogP contribution in [-0.4, -0.2) is 26.2 Å². The van der Waals surface area contributed by atoms with Crippen molar-refractivity contribution in [1.82, 2.24) is 4.72 Å². The molecule has 0 radical (unpaired) electrons. The van der Waals surface area contributed by atoms with Gasteiger partial charge in [0.1, 0.15) is 5.71 Å². The number of amides is 1. The van der Waals surface area contributed by atoms with Crippen molar-refractivity contribution in [3.05, 3.63) is 59.7 Å². The standard InChI is InChI=1S/C19H18F3N3O3S/c1-12-3-5-14(6-4-12)17-11-18(19(20,21)22)23-25(17)15-7-9-16(10-8-15)29(27,28)24-13(2)26/h3-10,17H,11H2,1-2H3,(H,24,26). The van der Waals surface area contributed by atoms with E-state index in [9.17, 15) is 26.4 Å². The monoisotopic (exact) mass is 425 g/mol. The van der Waals surface area contributed by atoms with Crippen molar-refractivity contribution >= 4 is 27.3 Å². The number of nitrogens with one attached hydrogen (secondary N) is 1. The van der Waals surface area contributed by atoms with Crippen LogP contribution in [0.4, 0.5) is 18.9 Å². The topological polar surface area (TPSA) is 78.8 Å². The highest BCUT2D eigenvalue weighted by molar-refractivity contribution is 7.90. The van der Waals surface area contributed by atoms with Gasteiger partial charge in [-0.2, -0.15) is 18.3 Å². The molecule has 1 heterocycles. The molecule has 2 aromatic carbocycles. The number of halogens is 3. The summed E-state index contributed by atoms with van der Waals surface area (Å²) in [5, 5.41) is 4.99. The second-order valence-corrected chi connectivity index (χ2v) is 8.36. The van der Waals surface area contributed by atoms with Crippen molar-refractivity contribution in [1.29, 1.82) is 0 Å². The van der Waals surface area contributed by atoms with E-state index in [1.54, 1.807) is 12.1 Å². The van der Waals surface area contributed by atoms with Gasteiger partial charge in [-0.25, -0.2) is 13.1 Å². The molecule has 0 aliphatic carbocycles. The highest BCUT2D eigenvalue weighted by Gasteiger charge is 2.43. The molecular formula is C19H18F3N3O3S. The molecule has 3 rings (SSSR count). The van der Waals surface area contributed by atoms with E-state index in [0.29, 0.717) is 11.3 Å². The molecule has 2 aromatic rings. The summed E-state index contributed by atoms with van der Waals surface area (Å²) in [4.78, 5) is 10.9. The Bertz CT molecular complexity index is 1050. The Morgan fingerprint density at radius 2 is 1.69 bits per heavy atom. The van der Waals surface area contributed by atoms with Gasteiger partial charge in [-0.1, -0.05) is 29.8 Å². The Labute approximate surface area is 166 Å². The number of sulfonamides is 1. The zero-order valence-electron chi connectivity index (χ0n) is 15.6. The van der Waals surface area contributed by atoms with Crippen LogP contribution in [0.5, 0.6) is 0 Å². The van der Waals surface area contributed by atoms with Gasteiger partial charge in [0.15, 0.2) is 0 Å². The van der Waals surface area contributed by atoms with E-state index in [1.807, 2.05) is 23.8 Å². The summed E-state index contributed by atoms with van der Waals surface area (Å²) in [6, 6.07) is 11.6. The number of rotatable bonds is 4. The highest BCUT2D eigenvalue weighted by Crippen LogP contribution is 2.39. The van der Waals surface area contributed by atoms with E-state index in [0.717, 1.165) is 12.5 Å². The maximum absolute atomic E-state index is 13.3. The Morgan fingerprint density at radius 3 is 2.21 bits per heavy atom. The van der Waals surface area contributed by atoms with Crippen molar-refractivity contribution < 1.29 is 26.4 Å². The number of hydrazone groups is 1. The lowest BCUT2D eigenvalue weighted by molar-refractivity contribution is -0.117. The minimum absolute atomic E-state index is 0.178. The van der Waals surface area contributed by atoms with Crippen LogP contribution in [0.25, 0.3) is 0 Å². The molecule has 1 aliphatic heterocycles. The van der Waals surface area contributed by atoms with Crippen LogP contribution in [0.15, 0.2) is 58.5 Å². The summed E-state index contributed by atoms with van der Waals surface area (Å²) in [6.07, 6.45) is -4.88. The van der Waals surface area contributed by atoms with Crippen molar-refractivity contribution in [2.24, 2.45) is 5.10 Å². The Morgan fingerprint density at radius 1 is 1.10 bits per heavy atom. The number of alkyl halides is 3. The summed E-state index contributed by atoms with van der Waals surface area (Å²) in [5.74, 6) is -0.743. The fraction of sp³-hybridized carbons (Fsp3) is 0.263. The van der Waals surface area contributed by atoms with Crippen molar-refractivity contribution in [2.45, 2.75) is 37.4 Å². The Balaban J connectivity index is 1.97. The Hall–Kier alpha value is -2.88. The van der Waals surface area contributed by atoms with E-state index in [4.69, 9.17) is 0 Å². The number of hydrogen-bond donors (Lipinski definition) is 1. The molecule has 0 aromatic heterocycles. The van der Waals surface area contributed by atoms with Gasteiger partial charge in [-0.3, -0.25) is 9.80 Å². The molecule has 6 nitrogen and oxygen atoms in total. The maximum atomic E-state index is 13.3. The van der Waals surface area contributed by atoms with Gasteiger partial charge < -0.3 is 0 Å². The van der Waals surface area contributed by atoms with Crippen molar-refractivity contribution in [3.8, 4) is 0 Å². The summed E-state index contributed by atoms with van der Waals surface area (Å²) in [7, 11) is -4.04. The third-order valence-electron chi connectivity index (χ3n) is 4.39. The van der Waals surface area contributed by atoms with E-state index in [2.05, 4.69) is 5.10 Å². The average molecular weight is 425 g/mol. The molecule has 1 atom stereocenters. The predicted octanol–water partition coefficient (Wildman–Crippen LogP) is 3.69. The lowest BCUT2D eigenvalue weighted by Gasteiger charge is -2.24. The first-order valence-electron chi connectivity index (χ1n) is 8.61. The van der Waals surface area contributed by atoms with Crippen LogP contribution in [0.1, 0.15) is 30.5 Å². The van der Waals surface area contributed by atoms with Crippen LogP contribution in [0.3, 0.4) is 0 Å². The smallest absolute Gasteiger partial charge is 0.274 e. The first-order chi connectivity index (χ1) is 13.5. The number of nitrogens with zero attached hydrogens (tertiary/aromatic N) is 2. The molecule has 29 heavy (non-hydrogen) atoms. The summed E-state index contributed by atoms with van der Waals surface area (Å²) in [5.41, 5.74) is 1.03. The number of hydrogen-bond acceptors (Lipinski definition) is 5. The number of carbonyl (C=O) groups excluding carboxylic acids is 1. The van der Waals surface area contributed by atoms with Gasteiger partial charge in [-0.15, -0.1) is 0 Å². The first-order valence-corrected chi connectivity index (χ1v) is 10.1. The second-order valence-electron chi connectivity index (χ2n) is 6.68. The molecular weight excluding hydrogens is 407 g/mol. The molecule has 0 spiro atoms. The largest absolute Gasteiger partial charge is 0.431 e. The fourth-order valence-corrected chi connectivity index (χ4v) is 3.98. The zero-order chi connectivity index (χ0) is 21.4. The molecule has 1 unspecified atom stereocenters. The van der Waals surface area contributed by atoms with E-state index >= 15 is 0 Å². The van der Waals surface area contributed by atoms with Gasteiger partial charge >= 0.3 is 6.18 Å². The van der Waals surface area contributed by atoms with E-state index in [-0.39, 0.29) is 11.3 Å². The van der Waals surface area contributed by atoms with Gasteiger partial charge in [0.05, 0.1) is 16.6 Å². The van der Waals surface area contributed by atoms with Gasteiger partial charge in [0.25, 0.3) is 10.0 Å². The SMILES string of the molecule is CC(=O)NS(=O)(=O)c1ccc(N2N=C(C(F)(F)F)CC2c2ccc(C)cc2)cc1. The molecule has 1 aliphatic rings. The third kappa shape index (κ3) is 4.58. The van der Waals surface area contributed by atoms with Crippen molar-refractivity contribution in [2.75, 3.05) is 5.01 Å². The van der Waals surface area contributed by atoms with Crippen LogP contribution < -0.4 is 9.73 Å². The molecule has 1 N–H and O–H groups in total.